The van der Waals surface area contributed by atoms with Crippen LogP contribution in [0.25, 0.3) is 0 Å². The van der Waals surface area contributed by atoms with Crippen LogP contribution >= 0.6 is 40.7 Å². The van der Waals surface area contributed by atoms with E-state index in [1.54, 1.807) is 0 Å². The van der Waals surface area contributed by atoms with Crippen LogP contribution in [-0.2, 0) is 6.18 Å². The number of nitrogens with zero attached hydrogens (tertiary/aromatic N) is 1. The fourth-order valence-corrected chi connectivity index (χ4v) is 2.65. The van der Waals surface area contributed by atoms with Gasteiger partial charge in [0.1, 0.15) is 12.4 Å². The van der Waals surface area contributed by atoms with Crippen molar-refractivity contribution in [3.8, 4) is 5.75 Å². The molecule has 2 rings (SSSR count). The van der Waals surface area contributed by atoms with Gasteiger partial charge in [0, 0.05) is 32.2 Å². The molecule has 1 aliphatic heterocycles. The highest BCUT2D eigenvalue weighted by molar-refractivity contribution is 9.10. The summed E-state index contributed by atoms with van der Waals surface area (Å²) in [5, 5.41) is 3.34. The van der Waals surface area contributed by atoms with Gasteiger partial charge < -0.3 is 10.1 Å². The molecule has 0 radical (unpaired) electrons. The summed E-state index contributed by atoms with van der Waals surface area (Å²) in [6.07, 6.45) is -4.35. The Morgan fingerprint density at radius 1 is 1.35 bits per heavy atom. The number of rotatable bonds is 4. The second kappa shape index (κ2) is 9.93. The third-order valence-electron chi connectivity index (χ3n) is 3.38. The molecule has 1 saturated heterocycles. The van der Waals surface area contributed by atoms with Crippen molar-refractivity contribution < 1.29 is 17.9 Å². The van der Waals surface area contributed by atoms with Crippen molar-refractivity contribution in [1.29, 1.82) is 0 Å². The highest BCUT2D eigenvalue weighted by Gasteiger charge is 2.31. The summed E-state index contributed by atoms with van der Waals surface area (Å²) in [6.45, 7) is 5.96. The average Bonchev–Trinajstić information content (AvgIpc) is 2.39. The van der Waals surface area contributed by atoms with Crippen LogP contribution in [0, 0.1) is 0 Å². The molecule has 0 amide bonds. The molecule has 23 heavy (non-hydrogen) atoms. The van der Waals surface area contributed by atoms with Gasteiger partial charge in [0.25, 0.3) is 0 Å². The summed E-state index contributed by atoms with van der Waals surface area (Å²) in [5.74, 6) is 0.230. The van der Waals surface area contributed by atoms with E-state index in [-0.39, 0.29) is 30.6 Å². The second-order valence-corrected chi connectivity index (χ2v) is 6.00. The minimum atomic E-state index is -4.35. The standard InChI is InChI=1S/C14H18BrF3N2O.2ClH/c1-10-9-20(5-4-19-10)6-7-21-13-8-11(14(16,17)18)2-3-12(13)15;;/h2-3,8,10,19H,4-7,9H2,1H3;2*1H/t10-;;/m1../s1. The predicted molar refractivity (Wildman–Crippen MR) is 93.0 cm³/mol. The zero-order chi connectivity index (χ0) is 15.5. The number of hydrogen-bond donors (Lipinski definition) is 1. The summed E-state index contributed by atoms with van der Waals surface area (Å²) in [4.78, 5) is 2.24. The first-order chi connectivity index (χ1) is 9.86. The van der Waals surface area contributed by atoms with Crippen LogP contribution < -0.4 is 10.1 Å². The molecule has 1 N–H and O–H groups in total. The van der Waals surface area contributed by atoms with E-state index in [4.69, 9.17) is 4.74 Å². The summed E-state index contributed by atoms with van der Waals surface area (Å²) in [6, 6.07) is 3.86. The van der Waals surface area contributed by atoms with E-state index in [1.165, 1.54) is 6.07 Å². The molecule has 1 fully saturated rings. The Hall–Kier alpha value is -0.210. The molecule has 1 aromatic rings. The number of hydrogen-bond acceptors (Lipinski definition) is 3. The lowest BCUT2D eigenvalue weighted by atomic mass is 10.2. The van der Waals surface area contributed by atoms with Gasteiger partial charge in [-0.05, 0) is 41.1 Å². The molecule has 0 bridgehead atoms. The molecular formula is C14H20BrCl2F3N2O. The molecule has 1 aliphatic rings. The highest BCUT2D eigenvalue weighted by atomic mass is 79.9. The Bertz CT molecular complexity index is 492. The number of halogens is 6. The minimum Gasteiger partial charge on any atom is -0.491 e. The van der Waals surface area contributed by atoms with Crippen molar-refractivity contribution in [1.82, 2.24) is 10.2 Å². The first kappa shape index (κ1) is 22.8. The van der Waals surface area contributed by atoms with Gasteiger partial charge in [0.15, 0.2) is 0 Å². The van der Waals surface area contributed by atoms with E-state index in [0.717, 1.165) is 31.8 Å². The van der Waals surface area contributed by atoms with Gasteiger partial charge in [-0.25, -0.2) is 0 Å². The zero-order valence-corrected chi connectivity index (χ0v) is 15.7. The molecule has 1 aromatic carbocycles. The van der Waals surface area contributed by atoms with Gasteiger partial charge in [0.2, 0.25) is 0 Å². The average molecular weight is 440 g/mol. The van der Waals surface area contributed by atoms with Crippen LogP contribution in [0.5, 0.6) is 5.75 Å². The SMILES string of the molecule is C[C@@H]1CN(CCOc2cc(C(F)(F)F)ccc2Br)CCN1.Cl.Cl. The Labute approximate surface area is 154 Å². The fraction of sp³-hybridized carbons (Fsp3) is 0.571. The van der Waals surface area contributed by atoms with E-state index in [1.807, 2.05) is 0 Å². The third kappa shape index (κ3) is 7.05. The quantitative estimate of drug-likeness (QED) is 0.767. The molecule has 0 aliphatic carbocycles. The molecule has 0 aromatic heterocycles. The fourth-order valence-electron chi connectivity index (χ4n) is 2.29. The summed E-state index contributed by atoms with van der Waals surface area (Å²) in [7, 11) is 0. The van der Waals surface area contributed by atoms with Crippen LogP contribution in [0.15, 0.2) is 22.7 Å². The van der Waals surface area contributed by atoms with Gasteiger partial charge >= 0.3 is 6.18 Å². The van der Waals surface area contributed by atoms with Crippen LogP contribution in [0.1, 0.15) is 12.5 Å². The highest BCUT2D eigenvalue weighted by Crippen LogP contribution is 2.35. The first-order valence-corrected chi connectivity index (χ1v) is 7.61. The topological polar surface area (TPSA) is 24.5 Å². The maximum absolute atomic E-state index is 12.7. The van der Waals surface area contributed by atoms with E-state index in [9.17, 15) is 13.2 Å². The predicted octanol–water partition coefficient (Wildman–Crippen LogP) is 3.98. The van der Waals surface area contributed by atoms with Crippen molar-refractivity contribution in [3.63, 3.8) is 0 Å². The number of ether oxygens (including phenoxy) is 1. The molecule has 0 unspecified atom stereocenters. The van der Waals surface area contributed by atoms with Crippen molar-refractivity contribution in [2.45, 2.75) is 19.1 Å². The van der Waals surface area contributed by atoms with Crippen LogP contribution in [0.4, 0.5) is 13.2 Å². The molecule has 9 heteroatoms. The summed E-state index contributed by atoms with van der Waals surface area (Å²) in [5.41, 5.74) is -0.698. The van der Waals surface area contributed by atoms with Crippen molar-refractivity contribution in [2.75, 3.05) is 32.8 Å². The smallest absolute Gasteiger partial charge is 0.416 e. The molecule has 0 spiro atoms. The number of benzene rings is 1. The number of alkyl halides is 3. The van der Waals surface area contributed by atoms with Gasteiger partial charge in [-0.2, -0.15) is 13.2 Å². The summed E-state index contributed by atoms with van der Waals surface area (Å²) >= 11 is 3.22. The normalized spacial score (nSPS) is 18.7. The van der Waals surface area contributed by atoms with Crippen molar-refractivity contribution in [3.05, 3.63) is 28.2 Å². The van der Waals surface area contributed by atoms with E-state index in [0.29, 0.717) is 23.7 Å². The molecule has 3 nitrogen and oxygen atoms in total. The van der Waals surface area contributed by atoms with E-state index in [2.05, 4.69) is 33.1 Å². The van der Waals surface area contributed by atoms with Gasteiger partial charge in [0.05, 0.1) is 10.0 Å². The lowest BCUT2D eigenvalue weighted by Crippen LogP contribution is -2.50. The molecule has 1 heterocycles. The Morgan fingerprint density at radius 2 is 2.04 bits per heavy atom. The molecule has 0 saturated carbocycles. The maximum Gasteiger partial charge on any atom is 0.416 e. The Balaban J connectivity index is 0.00000242. The van der Waals surface area contributed by atoms with Crippen LogP contribution in [0.2, 0.25) is 0 Å². The van der Waals surface area contributed by atoms with Gasteiger partial charge in [-0.1, -0.05) is 0 Å². The molecule has 134 valence electrons. The maximum atomic E-state index is 12.7. The first-order valence-electron chi connectivity index (χ1n) is 6.81. The monoisotopic (exact) mass is 438 g/mol. The lowest BCUT2D eigenvalue weighted by Gasteiger charge is -2.31. The molecular weight excluding hydrogens is 420 g/mol. The zero-order valence-electron chi connectivity index (χ0n) is 12.5. The van der Waals surface area contributed by atoms with Crippen LogP contribution in [-0.4, -0.2) is 43.7 Å². The summed E-state index contributed by atoms with van der Waals surface area (Å²) < 4.78 is 44.0. The molecule has 1 atom stereocenters. The minimum absolute atomic E-state index is 0. The number of piperazine rings is 1. The Morgan fingerprint density at radius 3 is 2.65 bits per heavy atom. The van der Waals surface area contributed by atoms with Crippen LogP contribution in [0.3, 0.4) is 0 Å². The van der Waals surface area contributed by atoms with Crippen molar-refractivity contribution >= 4 is 40.7 Å². The largest absolute Gasteiger partial charge is 0.491 e. The van der Waals surface area contributed by atoms with Gasteiger partial charge in [-0.15, -0.1) is 24.8 Å². The third-order valence-corrected chi connectivity index (χ3v) is 4.03. The van der Waals surface area contributed by atoms with Gasteiger partial charge in [-0.3, -0.25) is 4.90 Å². The van der Waals surface area contributed by atoms with Crippen molar-refractivity contribution in [2.24, 2.45) is 0 Å². The Kier molecular flexibility index (Phi) is 9.84. The van der Waals surface area contributed by atoms with E-state index >= 15 is 0 Å². The lowest BCUT2D eigenvalue weighted by molar-refractivity contribution is -0.137. The number of nitrogens with one attached hydrogen (secondary N) is 1. The van der Waals surface area contributed by atoms with E-state index < -0.39 is 11.7 Å². The second-order valence-electron chi connectivity index (χ2n) is 5.15.